The van der Waals surface area contributed by atoms with Crippen LogP contribution in [0.3, 0.4) is 0 Å². The van der Waals surface area contributed by atoms with Gasteiger partial charge in [-0.2, -0.15) is 0 Å². The number of hydrogen-bond acceptors (Lipinski definition) is 2. The normalized spacial score (nSPS) is 13.8. The van der Waals surface area contributed by atoms with Crippen molar-refractivity contribution < 1.29 is 12.8 Å². The summed E-state index contributed by atoms with van der Waals surface area (Å²) in [6.45, 7) is 1.92. The largest absolute Gasteiger partial charge is 0.268 e. The Morgan fingerprint density at radius 2 is 1.64 bits per heavy atom. The van der Waals surface area contributed by atoms with Crippen LogP contribution in [0.2, 0.25) is 0 Å². The maximum Gasteiger partial charge on any atom is 0.268 e. The minimum atomic E-state index is -3.70. The van der Waals surface area contributed by atoms with E-state index in [-0.39, 0.29) is 10.7 Å². The van der Waals surface area contributed by atoms with E-state index in [9.17, 15) is 12.8 Å². The van der Waals surface area contributed by atoms with Gasteiger partial charge in [0.25, 0.3) is 10.0 Å². The van der Waals surface area contributed by atoms with Crippen LogP contribution in [0.1, 0.15) is 23.1 Å². The van der Waals surface area contributed by atoms with Gasteiger partial charge in [0.05, 0.1) is 10.6 Å². The van der Waals surface area contributed by atoms with Gasteiger partial charge < -0.3 is 0 Å². The van der Waals surface area contributed by atoms with Crippen LogP contribution in [0.4, 0.5) is 4.39 Å². The molecule has 0 aliphatic heterocycles. The monoisotopic (exact) mass is 355 g/mol. The highest BCUT2D eigenvalue weighted by Gasteiger charge is 2.28. The van der Waals surface area contributed by atoms with Gasteiger partial charge in [-0.3, -0.25) is 0 Å². The first-order valence-corrected chi connectivity index (χ1v) is 9.72. The number of fused-ring (bicyclic) bond motifs is 1. The zero-order valence-corrected chi connectivity index (χ0v) is 14.7. The molecule has 0 amide bonds. The fourth-order valence-electron chi connectivity index (χ4n) is 3.44. The molecule has 1 heterocycles. The predicted octanol–water partition coefficient (Wildman–Crippen LogP) is 4.33. The second-order valence-electron chi connectivity index (χ2n) is 6.46. The standard InChI is InChI=1S/C20H18FNO2S/c1-14-5-11-18(12-6-14)25(23,24)22-13-16-3-2-4-19(16)20(22)15-7-9-17(21)10-8-15/h5-13H,2-4H2,1H3. The molecular weight excluding hydrogens is 337 g/mol. The summed E-state index contributed by atoms with van der Waals surface area (Å²) >= 11 is 0. The molecule has 0 saturated heterocycles. The molecule has 4 rings (SSSR count). The van der Waals surface area contributed by atoms with E-state index in [0.717, 1.165) is 41.5 Å². The number of nitrogens with zero attached hydrogens (tertiary/aromatic N) is 1. The Morgan fingerprint density at radius 1 is 0.960 bits per heavy atom. The number of benzene rings is 2. The van der Waals surface area contributed by atoms with Crippen molar-refractivity contribution in [2.75, 3.05) is 0 Å². The second-order valence-corrected chi connectivity index (χ2v) is 8.27. The van der Waals surface area contributed by atoms with E-state index in [4.69, 9.17) is 0 Å². The maximum absolute atomic E-state index is 13.3. The van der Waals surface area contributed by atoms with Crippen LogP contribution < -0.4 is 0 Å². The lowest BCUT2D eigenvalue weighted by atomic mass is 10.1. The average molecular weight is 355 g/mol. The van der Waals surface area contributed by atoms with Gasteiger partial charge in [0.15, 0.2) is 0 Å². The minimum absolute atomic E-state index is 0.259. The quantitative estimate of drug-likeness (QED) is 0.701. The van der Waals surface area contributed by atoms with Crippen molar-refractivity contribution in [3.8, 4) is 11.3 Å². The molecule has 0 unspecified atom stereocenters. The van der Waals surface area contributed by atoms with Crippen molar-refractivity contribution in [1.29, 1.82) is 0 Å². The first-order chi connectivity index (χ1) is 12.0. The van der Waals surface area contributed by atoms with Crippen molar-refractivity contribution in [2.45, 2.75) is 31.1 Å². The summed E-state index contributed by atoms with van der Waals surface area (Å²) in [5.41, 5.74) is 4.51. The molecule has 0 fully saturated rings. The molecule has 1 aliphatic rings. The molecular formula is C20H18FNO2S. The van der Waals surface area contributed by atoms with Gasteiger partial charge in [-0.05, 0) is 79.3 Å². The lowest BCUT2D eigenvalue weighted by Crippen LogP contribution is -2.14. The van der Waals surface area contributed by atoms with Crippen molar-refractivity contribution in [1.82, 2.24) is 3.97 Å². The summed E-state index contributed by atoms with van der Waals surface area (Å²) in [5, 5.41) is 0. The van der Waals surface area contributed by atoms with Crippen molar-refractivity contribution in [2.24, 2.45) is 0 Å². The molecule has 3 aromatic rings. The molecule has 0 bridgehead atoms. The summed E-state index contributed by atoms with van der Waals surface area (Å²) in [4.78, 5) is 0.259. The second kappa shape index (κ2) is 5.85. The van der Waals surface area contributed by atoms with Gasteiger partial charge in [0.1, 0.15) is 5.82 Å². The van der Waals surface area contributed by atoms with Crippen molar-refractivity contribution in [3.05, 3.63) is 77.2 Å². The maximum atomic E-state index is 13.3. The summed E-state index contributed by atoms with van der Waals surface area (Å²) < 4.78 is 41.1. The summed E-state index contributed by atoms with van der Waals surface area (Å²) in [6.07, 6.45) is 4.47. The number of hydrogen-bond donors (Lipinski definition) is 0. The molecule has 0 radical (unpaired) electrons. The van der Waals surface area contributed by atoms with Crippen LogP contribution in [0.25, 0.3) is 11.3 Å². The van der Waals surface area contributed by atoms with E-state index in [1.54, 1.807) is 42.6 Å². The van der Waals surface area contributed by atoms with Gasteiger partial charge in [-0.15, -0.1) is 0 Å². The van der Waals surface area contributed by atoms with Crippen LogP contribution in [-0.4, -0.2) is 12.4 Å². The third-order valence-corrected chi connectivity index (χ3v) is 6.41. The Labute approximate surface area is 146 Å². The molecule has 5 heteroatoms. The molecule has 128 valence electrons. The first-order valence-electron chi connectivity index (χ1n) is 8.28. The fraction of sp³-hybridized carbons (Fsp3) is 0.200. The third kappa shape index (κ3) is 2.68. The fourth-order valence-corrected chi connectivity index (χ4v) is 4.87. The van der Waals surface area contributed by atoms with Crippen LogP contribution in [-0.2, 0) is 22.9 Å². The summed E-state index contributed by atoms with van der Waals surface area (Å²) in [7, 11) is -3.70. The number of halogens is 1. The zero-order valence-electron chi connectivity index (χ0n) is 13.9. The predicted molar refractivity (Wildman–Crippen MR) is 95.6 cm³/mol. The van der Waals surface area contributed by atoms with Gasteiger partial charge >= 0.3 is 0 Å². The number of rotatable bonds is 3. The Hall–Kier alpha value is -2.40. The number of aryl methyl sites for hydroxylation is 2. The molecule has 1 aromatic heterocycles. The van der Waals surface area contributed by atoms with E-state index in [2.05, 4.69) is 0 Å². The van der Waals surface area contributed by atoms with Crippen LogP contribution in [0, 0.1) is 12.7 Å². The van der Waals surface area contributed by atoms with E-state index in [0.29, 0.717) is 5.69 Å². The van der Waals surface area contributed by atoms with Crippen molar-refractivity contribution >= 4 is 10.0 Å². The smallest absolute Gasteiger partial charge is 0.241 e. The van der Waals surface area contributed by atoms with Crippen molar-refractivity contribution in [3.63, 3.8) is 0 Å². The highest BCUT2D eigenvalue weighted by Crippen LogP contribution is 2.36. The molecule has 25 heavy (non-hydrogen) atoms. The number of aromatic nitrogens is 1. The molecule has 0 atom stereocenters. The molecule has 0 N–H and O–H groups in total. The van der Waals surface area contributed by atoms with E-state index in [1.165, 1.54) is 16.1 Å². The Kier molecular flexibility index (Phi) is 3.76. The van der Waals surface area contributed by atoms with Crippen LogP contribution in [0.5, 0.6) is 0 Å². The van der Waals surface area contributed by atoms with Gasteiger partial charge in [-0.1, -0.05) is 17.7 Å². The summed E-state index contributed by atoms with van der Waals surface area (Å²) in [5.74, 6) is -0.333. The van der Waals surface area contributed by atoms with Crippen LogP contribution >= 0.6 is 0 Å². The molecule has 0 saturated carbocycles. The lowest BCUT2D eigenvalue weighted by Gasteiger charge is -2.13. The van der Waals surface area contributed by atoms with Gasteiger partial charge in [-0.25, -0.2) is 16.8 Å². The third-order valence-electron chi connectivity index (χ3n) is 4.74. The molecule has 0 spiro atoms. The van der Waals surface area contributed by atoms with E-state index in [1.807, 2.05) is 6.92 Å². The summed E-state index contributed by atoms with van der Waals surface area (Å²) in [6, 6.07) is 12.9. The van der Waals surface area contributed by atoms with Crippen LogP contribution in [0.15, 0.2) is 59.6 Å². The SMILES string of the molecule is Cc1ccc(S(=O)(=O)n2cc3c(c2-c2ccc(F)cc2)CCC3)cc1. The first kappa shape index (κ1) is 16.1. The van der Waals surface area contributed by atoms with Gasteiger partial charge in [0, 0.05) is 6.20 Å². The molecule has 2 aromatic carbocycles. The lowest BCUT2D eigenvalue weighted by molar-refractivity contribution is 0.587. The average Bonchev–Trinajstić information content (AvgIpc) is 3.17. The Bertz CT molecular complexity index is 1030. The Balaban J connectivity index is 1.93. The highest BCUT2D eigenvalue weighted by atomic mass is 32.2. The van der Waals surface area contributed by atoms with E-state index < -0.39 is 10.0 Å². The molecule has 3 nitrogen and oxygen atoms in total. The zero-order chi connectivity index (χ0) is 17.6. The topological polar surface area (TPSA) is 39.1 Å². The highest BCUT2D eigenvalue weighted by molar-refractivity contribution is 7.90. The van der Waals surface area contributed by atoms with E-state index >= 15 is 0 Å². The minimum Gasteiger partial charge on any atom is -0.241 e. The Morgan fingerprint density at radius 3 is 2.32 bits per heavy atom. The van der Waals surface area contributed by atoms with Gasteiger partial charge in [0.2, 0.25) is 0 Å². The molecule has 1 aliphatic carbocycles.